The van der Waals surface area contributed by atoms with E-state index in [9.17, 15) is 4.79 Å². The van der Waals surface area contributed by atoms with Gasteiger partial charge in [-0.15, -0.1) is 0 Å². The Morgan fingerprint density at radius 1 is 1.09 bits per heavy atom. The number of nitrogens with zero attached hydrogens (tertiary/aromatic N) is 4. The van der Waals surface area contributed by atoms with Crippen molar-refractivity contribution in [3.05, 3.63) is 89.8 Å². The monoisotopic (exact) mass is 618 g/mol. The highest BCUT2D eigenvalue weighted by Gasteiger charge is 2.38. The number of amides is 1. The molecular weight excluding hydrogens is 584 g/mol. The molecule has 0 unspecified atom stereocenters. The van der Waals surface area contributed by atoms with Gasteiger partial charge in [-0.2, -0.15) is 0 Å². The number of aryl methyl sites for hydroxylation is 1. The predicted molar refractivity (Wildman–Crippen MR) is 168 cm³/mol. The van der Waals surface area contributed by atoms with Crippen LogP contribution in [0.5, 0.6) is 0 Å². The Balaban J connectivity index is 1.12. The minimum Gasteiger partial charge on any atom is -0.381 e. The van der Waals surface area contributed by atoms with Gasteiger partial charge in [0.2, 0.25) is 0 Å². The number of aromatic nitrogens is 3. The molecule has 6 rings (SSSR count). The molecule has 11 heteroatoms. The Kier molecular flexibility index (Phi) is 9.32. The highest BCUT2D eigenvalue weighted by molar-refractivity contribution is 8.01. The smallest absolute Gasteiger partial charge is 0.273 e. The zero-order valence-electron chi connectivity index (χ0n) is 24.1. The first kappa shape index (κ1) is 29.7. The quantitative estimate of drug-likeness (QED) is 0.229. The number of anilines is 2. The maximum Gasteiger partial charge on any atom is 0.273 e. The molecule has 0 spiro atoms. The maximum absolute atomic E-state index is 15.6. The van der Waals surface area contributed by atoms with Crippen molar-refractivity contribution in [3.63, 3.8) is 0 Å². The van der Waals surface area contributed by atoms with Crippen LogP contribution >= 0.6 is 23.1 Å². The van der Waals surface area contributed by atoms with Gasteiger partial charge in [0.05, 0.1) is 15.3 Å². The van der Waals surface area contributed by atoms with Crippen molar-refractivity contribution in [2.45, 2.75) is 53.2 Å². The number of thiazole rings is 1. The molecule has 2 N–H and O–H groups in total. The molecule has 224 valence electrons. The summed E-state index contributed by atoms with van der Waals surface area (Å²) in [5.41, 5.74) is 1.87. The van der Waals surface area contributed by atoms with Crippen LogP contribution < -0.4 is 10.6 Å². The zero-order chi connectivity index (χ0) is 29.6. The van der Waals surface area contributed by atoms with Crippen molar-refractivity contribution in [1.29, 1.82) is 0 Å². The van der Waals surface area contributed by atoms with Crippen LogP contribution in [-0.2, 0) is 10.2 Å². The second kappa shape index (κ2) is 13.5. The van der Waals surface area contributed by atoms with E-state index in [2.05, 4.69) is 42.6 Å². The average Bonchev–Trinajstić information content (AvgIpc) is 3.48. The summed E-state index contributed by atoms with van der Waals surface area (Å²) in [6.45, 7) is 5.98. The number of rotatable bonds is 9. The highest BCUT2D eigenvalue weighted by Crippen LogP contribution is 2.38. The number of halogens is 1. The lowest BCUT2D eigenvalue weighted by Crippen LogP contribution is -2.52. The summed E-state index contributed by atoms with van der Waals surface area (Å²) in [4.78, 5) is 29.1. The molecule has 8 nitrogen and oxygen atoms in total. The first-order valence-corrected chi connectivity index (χ1v) is 16.3. The summed E-state index contributed by atoms with van der Waals surface area (Å²) in [7, 11) is 0. The van der Waals surface area contributed by atoms with Crippen molar-refractivity contribution in [3.8, 4) is 0 Å². The lowest BCUT2D eigenvalue weighted by atomic mass is 9.72. The van der Waals surface area contributed by atoms with Crippen LogP contribution in [0.4, 0.5) is 15.3 Å². The van der Waals surface area contributed by atoms with Crippen LogP contribution in [-0.4, -0.2) is 64.6 Å². The first-order chi connectivity index (χ1) is 21.0. The van der Waals surface area contributed by atoms with Gasteiger partial charge in [-0.05, 0) is 75.0 Å². The fraction of sp³-hybridized carbons (Fsp3) is 0.375. The number of hydrogen-bond donors (Lipinski definition) is 2. The molecule has 0 radical (unpaired) electrons. The Morgan fingerprint density at radius 2 is 1.86 bits per heavy atom. The predicted octanol–water partition coefficient (Wildman–Crippen LogP) is 6.22. The fourth-order valence-electron chi connectivity index (χ4n) is 5.91. The summed E-state index contributed by atoms with van der Waals surface area (Å²) in [5.74, 6) is -0.432. The first-order valence-electron chi connectivity index (χ1n) is 14.6. The van der Waals surface area contributed by atoms with Gasteiger partial charge < -0.3 is 20.3 Å². The van der Waals surface area contributed by atoms with Crippen molar-refractivity contribution >= 4 is 40.0 Å². The van der Waals surface area contributed by atoms with Crippen LogP contribution in [0, 0.1) is 12.7 Å². The van der Waals surface area contributed by atoms with E-state index < -0.39 is 11.7 Å². The van der Waals surface area contributed by atoms with Gasteiger partial charge in [0.25, 0.3) is 5.91 Å². The fourth-order valence-corrected chi connectivity index (χ4v) is 7.78. The van der Waals surface area contributed by atoms with Crippen LogP contribution in [0.1, 0.15) is 47.3 Å². The molecule has 4 aromatic rings. The van der Waals surface area contributed by atoms with E-state index in [1.54, 1.807) is 18.5 Å². The van der Waals surface area contributed by atoms with E-state index in [0.717, 1.165) is 61.8 Å². The molecule has 1 amide bonds. The molecule has 0 bridgehead atoms. The van der Waals surface area contributed by atoms with Gasteiger partial charge in [0, 0.05) is 43.6 Å². The molecule has 0 atom stereocenters. The average molecular weight is 619 g/mol. The van der Waals surface area contributed by atoms with E-state index in [0.29, 0.717) is 28.4 Å². The molecule has 2 aliphatic rings. The number of ether oxygens (including phenoxy) is 1. The highest BCUT2D eigenvalue weighted by atomic mass is 32.2. The normalized spacial score (nSPS) is 17.4. The van der Waals surface area contributed by atoms with E-state index >= 15 is 4.39 Å². The number of pyridine rings is 2. The molecule has 2 aliphatic heterocycles. The van der Waals surface area contributed by atoms with E-state index in [-0.39, 0.29) is 11.1 Å². The van der Waals surface area contributed by atoms with Crippen LogP contribution in [0.3, 0.4) is 0 Å². The second-order valence-electron chi connectivity index (χ2n) is 11.1. The Labute approximate surface area is 259 Å². The van der Waals surface area contributed by atoms with Crippen molar-refractivity contribution in [1.82, 2.24) is 25.2 Å². The summed E-state index contributed by atoms with van der Waals surface area (Å²) in [6.07, 6.45) is 8.87. The number of hydrogen-bond acceptors (Lipinski definition) is 9. The largest absolute Gasteiger partial charge is 0.381 e. The van der Waals surface area contributed by atoms with Crippen LogP contribution in [0.15, 0.2) is 76.2 Å². The summed E-state index contributed by atoms with van der Waals surface area (Å²) in [5, 5.41) is 6.89. The number of carbonyl (C=O) groups excluding carboxylic acids is 1. The van der Waals surface area contributed by atoms with E-state index in [4.69, 9.17) is 4.74 Å². The molecule has 1 aromatic carbocycles. The summed E-state index contributed by atoms with van der Waals surface area (Å²) < 4.78 is 22.0. The number of carbonyl (C=O) groups is 1. The minimum absolute atomic E-state index is 0.195. The van der Waals surface area contributed by atoms with Gasteiger partial charge in [-0.1, -0.05) is 53.4 Å². The summed E-state index contributed by atoms with van der Waals surface area (Å²) >= 11 is 2.61. The lowest BCUT2D eigenvalue weighted by molar-refractivity contribution is 0.0170. The van der Waals surface area contributed by atoms with Gasteiger partial charge in [-0.3, -0.25) is 4.79 Å². The molecule has 5 heterocycles. The zero-order valence-corrected chi connectivity index (χ0v) is 25.7. The lowest BCUT2D eigenvalue weighted by Gasteiger charge is -2.45. The van der Waals surface area contributed by atoms with Crippen molar-refractivity contribution in [2.24, 2.45) is 0 Å². The second-order valence-corrected chi connectivity index (χ2v) is 13.5. The molecule has 43 heavy (non-hydrogen) atoms. The van der Waals surface area contributed by atoms with Crippen LogP contribution in [0.25, 0.3) is 0 Å². The number of likely N-dealkylation sites (tertiary alicyclic amines) is 1. The molecule has 2 saturated heterocycles. The molecular formula is C32H35FN6O2S2. The van der Waals surface area contributed by atoms with Gasteiger partial charge in [-0.25, -0.2) is 19.3 Å². The van der Waals surface area contributed by atoms with Gasteiger partial charge in [0.15, 0.2) is 16.6 Å². The topological polar surface area (TPSA) is 92.3 Å². The molecule has 0 aliphatic carbocycles. The van der Waals surface area contributed by atoms with Crippen LogP contribution in [0.2, 0.25) is 0 Å². The molecule has 2 fully saturated rings. The Hall–Kier alpha value is -3.38. The van der Waals surface area contributed by atoms with Gasteiger partial charge in [0.1, 0.15) is 5.82 Å². The van der Waals surface area contributed by atoms with E-state index in [1.807, 2.05) is 37.3 Å². The SMILES string of the molecule is Cc1ccnc(Nc2ncc(Sc3ccnc(C(=O)NCC4(c5ccccc5)CCN(C5CCOCC5)CC4)c3F)s2)c1. The van der Waals surface area contributed by atoms with Crippen molar-refractivity contribution < 1.29 is 13.9 Å². The third kappa shape index (κ3) is 7.06. The minimum atomic E-state index is -0.628. The summed E-state index contributed by atoms with van der Waals surface area (Å²) in [6, 6.07) is 16.4. The number of piperidine rings is 1. The third-order valence-electron chi connectivity index (χ3n) is 8.35. The Morgan fingerprint density at radius 3 is 2.63 bits per heavy atom. The standard InChI is InChI=1S/C32H35FN6O2S2/c1-22-7-13-34-26(19-22)38-31-36-20-27(43-31)42-25-8-14-35-29(28(25)33)30(40)37-21-32(23-5-3-2-4-6-23)11-15-39(16-12-32)24-9-17-41-18-10-24/h2-8,13-14,19-20,24H,9-12,15-18,21H2,1H3,(H,37,40)(H,34,36,38). The van der Waals surface area contributed by atoms with E-state index in [1.165, 1.54) is 34.9 Å². The molecule has 0 saturated carbocycles. The maximum atomic E-state index is 15.6. The third-order valence-corrected chi connectivity index (χ3v) is 10.4. The Bertz CT molecular complexity index is 1540. The molecule has 3 aromatic heterocycles. The van der Waals surface area contributed by atoms with Crippen molar-refractivity contribution in [2.75, 3.05) is 38.2 Å². The number of benzene rings is 1. The number of nitrogens with one attached hydrogen (secondary N) is 2. The van der Waals surface area contributed by atoms with Gasteiger partial charge >= 0.3 is 0 Å².